The molecule has 1 atom stereocenters. The summed E-state index contributed by atoms with van der Waals surface area (Å²) in [5.74, 6) is 0.0797. The van der Waals surface area contributed by atoms with Crippen LogP contribution in [0.1, 0.15) is 12.0 Å². The normalized spacial score (nSPS) is 18.1. The molecule has 0 spiro atoms. The van der Waals surface area contributed by atoms with E-state index in [1.54, 1.807) is 23.1 Å². The predicted molar refractivity (Wildman–Crippen MR) is 87.8 cm³/mol. The Kier molecular flexibility index (Phi) is 4.00. The minimum atomic E-state index is 0.0484. The summed E-state index contributed by atoms with van der Waals surface area (Å²) < 4.78 is 0. The van der Waals surface area contributed by atoms with Crippen molar-refractivity contribution < 1.29 is 4.79 Å². The number of halogens is 2. The second kappa shape index (κ2) is 5.92. The first kappa shape index (κ1) is 14.2. The van der Waals surface area contributed by atoms with Crippen LogP contribution < -0.4 is 4.90 Å². The third-order valence-corrected chi connectivity index (χ3v) is 3.86. The van der Waals surface area contributed by atoms with E-state index in [2.05, 4.69) is 0 Å². The first-order valence-corrected chi connectivity index (χ1v) is 7.40. The van der Waals surface area contributed by atoms with E-state index >= 15 is 0 Å². The number of benzene rings is 2. The molecule has 0 radical (unpaired) electrons. The quantitative estimate of drug-likeness (QED) is 0.744. The molecule has 0 bridgehead atoms. The van der Waals surface area contributed by atoms with Crippen molar-refractivity contribution in [2.45, 2.75) is 12.5 Å². The molecule has 4 heteroatoms. The number of rotatable bonds is 3. The number of amides is 1. The van der Waals surface area contributed by atoms with Gasteiger partial charge in [0.05, 0.1) is 12.5 Å². The van der Waals surface area contributed by atoms with E-state index in [4.69, 9.17) is 23.2 Å². The molecule has 1 amide bonds. The molecule has 1 aliphatic heterocycles. The van der Waals surface area contributed by atoms with Crippen LogP contribution in [0.4, 0.5) is 5.69 Å². The summed E-state index contributed by atoms with van der Waals surface area (Å²) in [6, 6.07) is 15.2. The van der Waals surface area contributed by atoms with Crippen LogP contribution in [0.3, 0.4) is 0 Å². The highest BCUT2D eigenvalue weighted by molar-refractivity contribution is 6.35. The average Bonchev–Trinajstić information content (AvgIpc) is 2.43. The highest BCUT2D eigenvalue weighted by Crippen LogP contribution is 2.33. The maximum Gasteiger partial charge on any atom is 0.229 e. The van der Waals surface area contributed by atoms with Crippen molar-refractivity contribution in [2.24, 2.45) is 0 Å². The molecular formula is C17H13Cl2NO. The number of β-lactam (4-membered cyclic amide) rings is 1. The number of hydrogen-bond donors (Lipinski definition) is 0. The van der Waals surface area contributed by atoms with Gasteiger partial charge in [0.2, 0.25) is 5.91 Å². The van der Waals surface area contributed by atoms with Crippen LogP contribution >= 0.6 is 23.2 Å². The lowest BCUT2D eigenvalue weighted by Crippen LogP contribution is -2.51. The van der Waals surface area contributed by atoms with E-state index in [0.29, 0.717) is 16.5 Å². The van der Waals surface area contributed by atoms with Crippen molar-refractivity contribution in [1.29, 1.82) is 0 Å². The summed E-state index contributed by atoms with van der Waals surface area (Å²) in [6.07, 6.45) is 4.56. The Hall–Kier alpha value is -1.77. The first-order valence-electron chi connectivity index (χ1n) is 6.65. The zero-order valence-corrected chi connectivity index (χ0v) is 12.7. The highest BCUT2D eigenvalue weighted by Gasteiger charge is 2.35. The fraction of sp³-hybridized carbons (Fsp3) is 0.118. The third kappa shape index (κ3) is 3.12. The van der Waals surface area contributed by atoms with Gasteiger partial charge in [0.1, 0.15) is 0 Å². The monoisotopic (exact) mass is 317 g/mol. The summed E-state index contributed by atoms with van der Waals surface area (Å²) in [4.78, 5) is 13.6. The smallest absolute Gasteiger partial charge is 0.229 e. The number of carbonyl (C=O) groups is 1. The summed E-state index contributed by atoms with van der Waals surface area (Å²) in [7, 11) is 0. The Balaban J connectivity index is 1.81. The van der Waals surface area contributed by atoms with Crippen LogP contribution in [-0.2, 0) is 4.79 Å². The SMILES string of the molecule is O=C1CC(/C=C/c2ccccc2)N1c1cc(Cl)cc(Cl)c1. The van der Waals surface area contributed by atoms with Gasteiger partial charge in [-0.3, -0.25) is 4.79 Å². The Morgan fingerprint density at radius 3 is 2.33 bits per heavy atom. The lowest BCUT2D eigenvalue weighted by atomic mass is 9.99. The van der Waals surface area contributed by atoms with Gasteiger partial charge in [-0.05, 0) is 23.8 Å². The summed E-state index contributed by atoms with van der Waals surface area (Å²) in [5.41, 5.74) is 1.85. The number of hydrogen-bond acceptors (Lipinski definition) is 1. The van der Waals surface area contributed by atoms with E-state index in [-0.39, 0.29) is 11.9 Å². The maximum atomic E-state index is 11.9. The first-order chi connectivity index (χ1) is 10.1. The molecule has 0 aromatic heterocycles. The van der Waals surface area contributed by atoms with Gasteiger partial charge in [-0.25, -0.2) is 0 Å². The lowest BCUT2D eigenvalue weighted by molar-refractivity contribution is -0.123. The van der Waals surface area contributed by atoms with Crippen LogP contribution in [0.5, 0.6) is 0 Å². The van der Waals surface area contributed by atoms with Crippen LogP contribution in [0.25, 0.3) is 6.08 Å². The van der Waals surface area contributed by atoms with Crippen molar-refractivity contribution in [3.8, 4) is 0 Å². The molecular weight excluding hydrogens is 305 g/mol. The van der Waals surface area contributed by atoms with Crippen molar-refractivity contribution in [3.63, 3.8) is 0 Å². The van der Waals surface area contributed by atoms with E-state index in [0.717, 1.165) is 11.3 Å². The van der Waals surface area contributed by atoms with E-state index < -0.39 is 0 Å². The molecule has 1 heterocycles. The fourth-order valence-corrected chi connectivity index (χ4v) is 2.91. The summed E-state index contributed by atoms with van der Waals surface area (Å²) >= 11 is 12.0. The molecule has 106 valence electrons. The van der Waals surface area contributed by atoms with Gasteiger partial charge in [0.25, 0.3) is 0 Å². The second-order valence-corrected chi connectivity index (χ2v) is 5.81. The molecule has 21 heavy (non-hydrogen) atoms. The number of carbonyl (C=O) groups excluding carboxylic acids is 1. The van der Waals surface area contributed by atoms with Crippen molar-refractivity contribution in [2.75, 3.05) is 4.90 Å². The molecule has 0 N–H and O–H groups in total. The number of nitrogens with zero attached hydrogens (tertiary/aromatic N) is 1. The lowest BCUT2D eigenvalue weighted by Gasteiger charge is -2.39. The number of anilines is 1. The molecule has 1 fully saturated rings. The Morgan fingerprint density at radius 2 is 1.71 bits per heavy atom. The molecule has 2 nitrogen and oxygen atoms in total. The van der Waals surface area contributed by atoms with Gasteiger partial charge < -0.3 is 4.90 Å². The molecule has 1 unspecified atom stereocenters. The van der Waals surface area contributed by atoms with E-state index in [9.17, 15) is 4.79 Å². The van der Waals surface area contributed by atoms with Crippen LogP contribution in [0, 0.1) is 0 Å². The second-order valence-electron chi connectivity index (χ2n) is 4.93. The van der Waals surface area contributed by atoms with Gasteiger partial charge in [-0.2, -0.15) is 0 Å². The molecule has 2 aromatic rings. The summed E-state index contributed by atoms with van der Waals surface area (Å²) in [5, 5.41) is 1.06. The van der Waals surface area contributed by atoms with Crippen molar-refractivity contribution in [3.05, 3.63) is 70.2 Å². The zero-order valence-electron chi connectivity index (χ0n) is 11.2. The van der Waals surface area contributed by atoms with Crippen LogP contribution in [0.15, 0.2) is 54.6 Å². The average molecular weight is 318 g/mol. The fourth-order valence-electron chi connectivity index (χ4n) is 2.40. The van der Waals surface area contributed by atoms with E-state index in [1.165, 1.54) is 0 Å². The Morgan fingerprint density at radius 1 is 1.05 bits per heavy atom. The largest absolute Gasteiger partial charge is 0.305 e. The standard InChI is InChI=1S/C17H13Cl2NO/c18-13-8-14(19)10-16(9-13)20-15(11-17(20)21)7-6-12-4-2-1-3-5-12/h1-10,15H,11H2/b7-6+. The zero-order chi connectivity index (χ0) is 14.8. The Bertz CT molecular complexity index is 677. The maximum absolute atomic E-state index is 11.9. The topological polar surface area (TPSA) is 20.3 Å². The van der Waals surface area contributed by atoms with Gasteiger partial charge in [0, 0.05) is 15.7 Å². The molecule has 0 saturated carbocycles. The molecule has 1 aliphatic rings. The van der Waals surface area contributed by atoms with Gasteiger partial charge >= 0.3 is 0 Å². The third-order valence-electron chi connectivity index (χ3n) is 3.42. The van der Waals surface area contributed by atoms with Gasteiger partial charge in [0.15, 0.2) is 0 Å². The van der Waals surface area contributed by atoms with Crippen LogP contribution in [0.2, 0.25) is 10.0 Å². The predicted octanol–water partition coefficient (Wildman–Crippen LogP) is 4.81. The van der Waals surface area contributed by atoms with Crippen LogP contribution in [-0.4, -0.2) is 11.9 Å². The Labute approximate surface area is 133 Å². The molecule has 3 rings (SSSR count). The minimum absolute atomic E-state index is 0.0484. The molecule has 1 saturated heterocycles. The van der Waals surface area contributed by atoms with Crippen molar-refractivity contribution >= 4 is 40.9 Å². The van der Waals surface area contributed by atoms with Gasteiger partial charge in [-0.15, -0.1) is 0 Å². The van der Waals surface area contributed by atoms with Gasteiger partial charge in [-0.1, -0.05) is 65.7 Å². The molecule has 2 aromatic carbocycles. The van der Waals surface area contributed by atoms with E-state index in [1.807, 2.05) is 42.5 Å². The summed E-state index contributed by atoms with van der Waals surface area (Å²) in [6.45, 7) is 0. The minimum Gasteiger partial charge on any atom is -0.305 e. The van der Waals surface area contributed by atoms with Crippen molar-refractivity contribution in [1.82, 2.24) is 0 Å². The highest BCUT2D eigenvalue weighted by atomic mass is 35.5. The molecule has 0 aliphatic carbocycles.